The Kier molecular flexibility index (Phi) is 4.78. The first-order valence-electron chi connectivity index (χ1n) is 9.49. The van der Waals surface area contributed by atoms with E-state index in [0.717, 1.165) is 36.8 Å². The van der Waals surface area contributed by atoms with Gasteiger partial charge in [-0.2, -0.15) is 0 Å². The second-order valence-corrected chi connectivity index (χ2v) is 7.27. The molecule has 3 aromatic carbocycles. The van der Waals surface area contributed by atoms with Gasteiger partial charge in [0.1, 0.15) is 22.8 Å². The number of carbonyl (C=O) groups is 1. The number of benzene rings is 3. The first-order chi connectivity index (χ1) is 13.6. The molecule has 0 unspecified atom stereocenters. The number of ether oxygens (including phenoxy) is 1. The van der Waals surface area contributed by atoms with Gasteiger partial charge in [0.25, 0.3) is 0 Å². The molecule has 4 rings (SSSR count). The van der Waals surface area contributed by atoms with Crippen LogP contribution in [0.15, 0.2) is 72.8 Å². The average Bonchev–Trinajstić information content (AvgIpc) is 3.20. The van der Waals surface area contributed by atoms with Crippen molar-refractivity contribution in [3.63, 3.8) is 0 Å². The van der Waals surface area contributed by atoms with Crippen molar-refractivity contribution in [1.29, 1.82) is 0 Å². The summed E-state index contributed by atoms with van der Waals surface area (Å²) in [4.78, 5) is 12.7. The monoisotopic (exact) mass is 374 g/mol. The zero-order valence-electron chi connectivity index (χ0n) is 15.5. The number of aromatic hydroxyl groups is 2. The highest BCUT2D eigenvalue weighted by molar-refractivity contribution is 5.94. The number of hydrogen-bond acceptors (Lipinski definition) is 4. The maximum absolute atomic E-state index is 12.7. The number of para-hydroxylation sites is 1. The van der Waals surface area contributed by atoms with Crippen LogP contribution >= 0.6 is 0 Å². The number of phenols is 2. The van der Waals surface area contributed by atoms with Gasteiger partial charge in [0.05, 0.1) is 0 Å². The van der Waals surface area contributed by atoms with E-state index in [1.54, 1.807) is 48.5 Å². The van der Waals surface area contributed by atoms with Gasteiger partial charge >= 0.3 is 5.97 Å². The predicted octanol–water partition coefficient (Wildman–Crippen LogP) is 5.18. The Hall–Kier alpha value is -3.27. The molecule has 0 amide bonds. The van der Waals surface area contributed by atoms with E-state index in [1.807, 2.05) is 24.3 Å². The molecule has 4 nitrogen and oxygen atoms in total. The zero-order valence-corrected chi connectivity index (χ0v) is 15.5. The molecule has 4 heteroatoms. The molecule has 0 heterocycles. The van der Waals surface area contributed by atoms with Crippen LogP contribution in [-0.2, 0) is 5.41 Å². The summed E-state index contributed by atoms with van der Waals surface area (Å²) in [6.45, 7) is 0. The summed E-state index contributed by atoms with van der Waals surface area (Å²) in [5.74, 6) is -0.00548. The lowest BCUT2D eigenvalue weighted by Crippen LogP contribution is -2.24. The summed E-state index contributed by atoms with van der Waals surface area (Å²) in [5, 5.41) is 19.9. The summed E-state index contributed by atoms with van der Waals surface area (Å²) in [6.07, 6.45) is 4.09. The standard InChI is InChI=1S/C24H22O4/c25-19-11-8-17(9-12-19)24(14-4-5-15-24)18-10-13-22(26)21(16-18)23(27)28-20-6-2-1-3-7-20/h1-3,6-13,16,25-26H,4-5,14-15H2. The molecular weight excluding hydrogens is 352 g/mol. The molecule has 3 aromatic rings. The fourth-order valence-electron chi connectivity index (χ4n) is 4.15. The molecule has 1 aliphatic carbocycles. The Morgan fingerprint density at radius 2 is 1.46 bits per heavy atom. The van der Waals surface area contributed by atoms with Crippen molar-refractivity contribution in [3.8, 4) is 17.2 Å². The SMILES string of the molecule is O=C(Oc1ccccc1)c1cc(C2(c3ccc(O)cc3)CCCC2)ccc1O. The van der Waals surface area contributed by atoms with Gasteiger partial charge in [-0.25, -0.2) is 4.79 Å². The minimum atomic E-state index is -0.579. The number of phenolic OH excluding ortho intramolecular Hbond substituents is 2. The van der Waals surface area contributed by atoms with Crippen LogP contribution in [0.5, 0.6) is 17.2 Å². The largest absolute Gasteiger partial charge is 0.508 e. The van der Waals surface area contributed by atoms with Gasteiger partial charge in [-0.15, -0.1) is 0 Å². The molecule has 0 spiro atoms. The van der Waals surface area contributed by atoms with Gasteiger partial charge < -0.3 is 14.9 Å². The first kappa shape index (κ1) is 18.1. The third-order valence-corrected chi connectivity index (χ3v) is 5.60. The molecule has 1 fully saturated rings. The third-order valence-electron chi connectivity index (χ3n) is 5.60. The van der Waals surface area contributed by atoms with Crippen LogP contribution in [0.3, 0.4) is 0 Å². The molecular formula is C24H22O4. The predicted molar refractivity (Wildman–Crippen MR) is 107 cm³/mol. The van der Waals surface area contributed by atoms with E-state index < -0.39 is 5.97 Å². The molecule has 1 aliphatic rings. The van der Waals surface area contributed by atoms with Gasteiger partial charge in [-0.05, 0) is 60.4 Å². The second-order valence-electron chi connectivity index (χ2n) is 7.27. The van der Waals surface area contributed by atoms with Crippen molar-refractivity contribution in [2.75, 3.05) is 0 Å². The molecule has 2 N–H and O–H groups in total. The fourth-order valence-corrected chi connectivity index (χ4v) is 4.15. The van der Waals surface area contributed by atoms with Gasteiger partial charge in [-0.1, -0.05) is 49.2 Å². The van der Waals surface area contributed by atoms with Crippen molar-refractivity contribution in [3.05, 3.63) is 89.5 Å². The van der Waals surface area contributed by atoms with E-state index >= 15 is 0 Å². The maximum Gasteiger partial charge on any atom is 0.347 e. The molecule has 0 radical (unpaired) electrons. The third kappa shape index (κ3) is 3.33. The van der Waals surface area contributed by atoms with E-state index in [2.05, 4.69) is 0 Å². The molecule has 28 heavy (non-hydrogen) atoms. The van der Waals surface area contributed by atoms with Crippen molar-refractivity contribution in [1.82, 2.24) is 0 Å². The lowest BCUT2D eigenvalue weighted by molar-refractivity contribution is 0.0731. The van der Waals surface area contributed by atoms with Gasteiger partial charge in [0.2, 0.25) is 0 Å². The number of hydrogen-bond donors (Lipinski definition) is 2. The van der Waals surface area contributed by atoms with Crippen molar-refractivity contribution < 1.29 is 19.7 Å². The second kappa shape index (κ2) is 7.39. The Labute approximate surface area is 164 Å². The van der Waals surface area contributed by atoms with Crippen molar-refractivity contribution in [2.24, 2.45) is 0 Å². The normalized spacial score (nSPS) is 15.3. The average molecular weight is 374 g/mol. The van der Waals surface area contributed by atoms with Crippen LogP contribution in [0.4, 0.5) is 0 Å². The van der Waals surface area contributed by atoms with Crippen molar-refractivity contribution >= 4 is 5.97 Å². The lowest BCUT2D eigenvalue weighted by atomic mass is 9.73. The minimum absolute atomic E-state index is 0.0939. The summed E-state index contributed by atoms with van der Waals surface area (Å²) in [5.41, 5.74) is 2.01. The van der Waals surface area contributed by atoms with E-state index in [9.17, 15) is 15.0 Å². The van der Waals surface area contributed by atoms with E-state index in [0.29, 0.717) is 5.75 Å². The molecule has 1 saturated carbocycles. The van der Waals surface area contributed by atoms with Gasteiger partial charge in [-0.3, -0.25) is 0 Å². The highest BCUT2D eigenvalue weighted by Crippen LogP contribution is 2.47. The van der Waals surface area contributed by atoms with Crippen LogP contribution in [0.1, 0.15) is 47.2 Å². The Morgan fingerprint density at radius 1 is 0.821 bits per heavy atom. The summed E-state index contributed by atoms with van der Waals surface area (Å²) >= 11 is 0. The summed E-state index contributed by atoms with van der Waals surface area (Å²) in [6, 6.07) is 21.3. The van der Waals surface area contributed by atoms with Crippen molar-refractivity contribution in [2.45, 2.75) is 31.1 Å². The highest BCUT2D eigenvalue weighted by atomic mass is 16.5. The maximum atomic E-state index is 12.7. The quantitative estimate of drug-likeness (QED) is 0.488. The van der Waals surface area contributed by atoms with E-state index in [1.165, 1.54) is 0 Å². The van der Waals surface area contributed by atoms with Gasteiger partial charge in [0.15, 0.2) is 0 Å². The minimum Gasteiger partial charge on any atom is -0.508 e. The number of esters is 1. The molecule has 0 saturated heterocycles. The van der Waals surface area contributed by atoms with Crippen LogP contribution < -0.4 is 4.74 Å². The molecule has 0 atom stereocenters. The molecule has 0 aliphatic heterocycles. The Balaban J connectivity index is 1.72. The highest BCUT2D eigenvalue weighted by Gasteiger charge is 2.38. The van der Waals surface area contributed by atoms with Crippen LogP contribution in [0, 0.1) is 0 Å². The lowest BCUT2D eigenvalue weighted by Gasteiger charge is -2.31. The number of rotatable bonds is 4. The first-order valence-corrected chi connectivity index (χ1v) is 9.49. The zero-order chi connectivity index (χ0) is 19.6. The van der Waals surface area contributed by atoms with Crippen LogP contribution in [0.25, 0.3) is 0 Å². The molecule has 142 valence electrons. The summed E-state index contributed by atoms with van der Waals surface area (Å²) in [7, 11) is 0. The van der Waals surface area contributed by atoms with E-state index in [-0.39, 0.29) is 22.5 Å². The number of carbonyl (C=O) groups excluding carboxylic acids is 1. The molecule has 0 aromatic heterocycles. The summed E-state index contributed by atoms with van der Waals surface area (Å²) < 4.78 is 5.42. The Bertz CT molecular complexity index is 971. The Morgan fingerprint density at radius 3 is 2.14 bits per heavy atom. The smallest absolute Gasteiger partial charge is 0.347 e. The van der Waals surface area contributed by atoms with Crippen LogP contribution in [0.2, 0.25) is 0 Å². The van der Waals surface area contributed by atoms with Crippen LogP contribution in [-0.4, -0.2) is 16.2 Å². The topological polar surface area (TPSA) is 66.8 Å². The fraction of sp³-hybridized carbons (Fsp3) is 0.208. The molecule has 0 bridgehead atoms. The van der Waals surface area contributed by atoms with E-state index in [4.69, 9.17) is 4.74 Å². The van der Waals surface area contributed by atoms with Gasteiger partial charge in [0, 0.05) is 5.41 Å².